The molecule has 0 aliphatic heterocycles. The van der Waals surface area contributed by atoms with Crippen molar-refractivity contribution in [2.45, 2.75) is 163 Å². The number of amides is 1. The van der Waals surface area contributed by atoms with Crippen LogP contribution in [0.2, 0.25) is 0 Å². The second-order valence-electron chi connectivity index (χ2n) is 13.7. The number of hydrogen-bond donors (Lipinski definition) is 1. The summed E-state index contributed by atoms with van der Waals surface area (Å²) in [6.45, 7) is 19.1. The van der Waals surface area contributed by atoms with Crippen molar-refractivity contribution in [3.63, 3.8) is 0 Å². The number of nitrogens with one attached hydrogen (secondary N) is 1. The summed E-state index contributed by atoms with van der Waals surface area (Å²) in [7, 11) is 0. The number of alkyl carbamates (subject to hydrolysis) is 1. The van der Waals surface area contributed by atoms with E-state index in [0.29, 0.717) is 44.4 Å². The Hall–Kier alpha value is -1.83. The highest BCUT2D eigenvalue weighted by atomic mass is 16.6. The molecule has 0 aromatic carbocycles. The van der Waals surface area contributed by atoms with Crippen LogP contribution in [0.3, 0.4) is 0 Å². The van der Waals surface area contributed by atoms with Crippen molar-refractivity contribution in [3.05, 3.63) is 0 Å². The molecule has 44 heavy (non-hydrogen) atoms. The first-order valence-corrected chi connectivity index (χ1v) is 18.0. The Morgan fingerprint density at radius 1 is 0.636 bits per heavy atom. The summed E-state index contributed by atoms with van der Waals surface area (Å²) in [5.74, 6) is 1.10. The molecule has 0 spiro atoms. The largest absolute Gasteiger partial charge is 0.466 e. The summed E-state index contributed by atoms with van der Waals surface area (Å²) in [5.41, 5.74) is -0.489. The van der Waals surface area contributed by atoms with Gasteiger partial charge in [-0.3, -0.25) is 9.59 Å². The third kappa shape index (κ3) is 28.9. The number of esters is 2. The standard InChI is InChI=1S/C36H70N2O6/c1-8-31(3)23-29-42-33(39)21-16-12-10-14-18-26-38(28-20-25-37-35(41)44-36(5,6)7)27-19-15-11-13-17-22-34(40)43-30-24-32(4)9-2/h31-32H,8-30H2,1-7H3,(H,37,41). The molecule has 2 unspecified atom stereocenters. The fourth-order valence-electron chi connectivity index (χ4n) is 4.71. The smallest absolute Gasteiger partial charge is 0.407 e. The Bertz CT molecular complexity index is 682. The third-order valence-electron chi connectivity index (χ3n) is 8.17. The first kappa shape index (κ1) is 42.2. The van der Waals surface area contributed by atoms with Crippen LogP contribution in [0, 0.1) is 11.8 Å². The predicted octanol–water partition coefficient (Wildman–Crippen LogP) is 8.84. The van der Waals surface area contributed by atoms with Crippen LogP contribution >= 0.6 is 0 Å². The lowest BCUT2D eigenvalue weighted by Crippen LogP contribution is -2.35. The molecule has 260 valence electrons. The van der Waals surface area contributed by atoms with Gasteiger partial charge in [-0.2, -0.15) is 0 Å². The van der Waals surface area contributed by atoms with Crippen LogP contribution < -0.4 is 5.32 Å². The quantitative estimate of drug-likeness (QED) is 0.0527. The molecule has 1 N–H and O–H groups in total. The second kappa shape index (κ2) is 27.5. The van der Waals surface area contributed by atoms with Crippen LogP contribution in [0.1, 0.15) is 158 Å². The van der Waals surface area contributed by atoms with E-state index in [9.17, 15) is 14.4 Å². The fraction of sp³-hybridized carbons (Fsp3) is 0.917. The van der Waals surface area contributed by atoms with Gasteiger partial charge in [0.1, 0.15) is 5.60 Å². The van der Waals surface area contributed by atoms with Gasteiger partial charge in [0.25, 0.3) is 0 Å². The Balaban J connectivity index is 4.21. The Morgan fingerprint density at radius 3 is 1.48 bits per heavy atom. The topological polar surface area (TPSA) is 94.2 Å². The SMILES string of the molecule is CCC(C)CCOC(=O)CCCCCCCN(CCCCCCCC(=O)OCCC(C)CC)CCCNC(=O)OC(C)(C)C. The summed E-state index contributed by atoms with van der Waals surface area (Å²) >= 11 is 0. The molecule has 1 amide bonds. The zero-order valence-electron chi connectivity index (χ0n) is 29.8. The average Bonchev–Trinajstić information content (AvgIpc) is 2.96. The zero-order chi connectivity index (χ0) is 33.1. The summed E-state index contributed by atoms with van der Waals surface area (Å²) < 4.78 is 16.1. The number of rotatable bonds is 28. The van der Waals surface area contributed by atoms with Crippen molar-refractivity contribution in [3.8, 4) is 0 Å². The fourth-order valence-corrected chi connectivity index (χ4v) is 4.71. The van der Waals surface area contributed by atoms with Crippen molar-refractivity contribution < 1.29 is 28.6 Å². The molecular weight excluding hydrogens is 556 g/mol. The molecule has 0 aliphatic carbocycles. The highest BCUT2D eigenvalue weighted by Gasteiger charge is 2.15. The van der Waals surface area contributed by atoms with Gasteiger partial charge in [0.05, 0.1) is 13.2 Å². The first-order valence-electron chi connectivity index (χ1n) is 18.0. The molecule has 8 nitrogen and oxygen atoms in total. The zero-order valence-corrected chi connectivity index (χ0v) is 29.8. The van der Waals surface area contributed by atoms with Crippen LogP contribution in [0.15, 0.2) is 0 Å². The van der Waals surface area contributed by atoms with Crippen molar-refractivity contribution in [1.82, 2.24) is 10.2 Å². The highest BCUT2D eigenvalue weighted by molar-refractivity contribution is 5.69. The highest BCUT2D eigenvalue weighted by Crippen LogP contribution is 2.12. The van der Waals surface area contributed by atoms with E-state index in [1.165, 1.54) is 0 Å². The third-order valence-corrected chi connectivity index (χ3v) is 8.17. The summed E-state index contributed by atoms with van der Waals surface area (Å²) in [6, 6.07) is 0. The van der Waals surface area contributed by atoms with Gasteiger partial charge < -0.3 is 24.4 Å². The number of carbonyl (C=O) groups excluding carboxylic acids is 3. The molecule has 0 aromatic heterocycles. The number of unbranched alkanes of at least 4 members (excludes halogenated alkanes) is 8. The van der Waals surface area contributed by atoms with Crippen LogP contribution in [-0.4, -0.2) is 67.9 Å². The van der Waals surface area contributed by atoms with Crippen LogP contribution in [0.5, 0.6) is 0 Å². The van der Waals surface area contributed by atoms with E-state index in [-0.39, 0.29) is 18.0 Å². The van der Waals surface area contributed by atoms with Crippen molar-refractivity contribution in [2.24, 2.45) is 11.8 Å². The van der Waals surface area contributed by atoms with Crippen molar-refractivity contribution >= 4 is 18.0 Å². The number of hydrogen-bond acceptors (Lipinski definition) is 7. The molecule has 0 aromatic rings. The summed E-state index contributed by atoms with van der Waals surface area (Å²) in [4.78, 5) is 38.3. The van der Waals surface area contributed by atoms with E-state index >= 15 is 0 Å². The van der Waals surface area contributed by atoms with Crippen LogP contribution in [0.25, 0.3) is 0 Å². The molecule has 0 saturated heterocycles. The lowest BCUT2D eigenvalue weighted by molar-refractivity contribution is -0.145. The van der Waals surface area contributed by atoms with Gasteiger partial charge in [0.2, 0.25) is 0 Å². The lowest BCUT2D eigenvalue weighted by Gasteiger charge is -2.23. The minimum Gasteiger partial charge on any atom is -0.466 e. The van der Waals surface area contributed by atoms with E-state index in [1.54, 1.807) is 0 Å². The summed E-state index contributed by atoms with van der Waals surface area (Å²) in [5, 5.41) is 2.87. The molecule has 0 saturated carbocycles. The second-order valence-corrected chi connectivity index (χ2v) is 13.7. The summed E-state index contributed by atoms with van der Waals surface area (Å²) in [6.07, 6.45) is 16.5. The minimum atomic E-state index is -0.489. The van der Waals surface area contributed by atoms with Gasteiger partial charge in [-0.25, -0.2) is 4.79 Å². The predicted molar refractivity (Wildman–Crippen MR) is 181 cm³/mol. The van der Waals surface area contributed by atoms with Crippen LogP contribution in [0.4, 0.5) is 4.79 Å². The molecule has 2 atom stereocenters. The molecule has 0 aliphatic rings. The average molecular weight is 627 g/mol. The van der Waals surface area contributed by atoms with Gasteiger partial charge in [-0.1, -0.05) is 79.1 Å². The monoisotopic (exact) mass is 627 g/mol. The number of carbonyl (C=O) groups is 3. The number of nitrogens with zero attached hydrogens (tertiary/aromatic N) is 1. The minimum absolute atomic E-state index is 0.0588. The van der Waals surface area contributed by atoms with E-state index in [1.807, 2.05) is 20.8 Å². The lowest BCUT2D eigenvalue weighted by atomic mass is 10.1. The van der Waals surface area contributed by atoms with E-state index in [0.717, 1.165) is 116 Å². The normalized spacial score (nSPS) is 13.0. The Labute approximate surface area is 271 Å². The maximum atomic E-state index is 12.0. The van der Waals surface area contributed by atoms with Crippen molar-refractivity contribution in [2.75, 3.05) is 39.4 Å². The maximum absolute atomic E-state index is 12.0. The molecular formula is C36H70N2O6. The first-order chi connectivity index (χ1) is 21.0. The number of ether oxygens (including phenoxy) is 3. The Morgan fingerprint density at radius 2 is 1.05 bits per heavy atom. The van der Waals surface area contributed by atoms with E-state index in [4.69, 9.17) is 14.2 Å². The van der Waals surface area contributed by atoms with Gasteiger partial charge in [-0.05, 0) is 97.2 Å². The van der Waals surface area contributed by atoms with Gasteiger partial charge in [0.15, 0.2) is 0 Å². The van der Waals surface area contributed by atoms with Gasteiger partial charge >= 0.3 is 18.0 Å². The molecule has 0 radical (unpaired) electrons. The molecule has 0 fully saturated rings. The van der Waals surface area contributed by atoms with E-state index < -0.39 is 5.60 Å². The molecule has 0 bridgehead atoms. The van der Waals surface area contributed by atoms with Gasteiger partial charge in [-0.15, -0.1) is 0 Å². The van der Waals surface area contributed by atoms with Gasteiger partial charge in [0, 0.05) is 19.4 Å². The molecule has 0 heterocycles. The van der Waals surface area contributed by atoms with E-state index in [2.05, 4.69) is 37.9 Å². The maximum Gasteiger partial charge on any atom is 0.407 e. The molecule has 0 rings (SSSR count). The van der Waals surface area contributed by atoms with Crippen LogP contribution in [-0.2, 0) is 23.8 Å². The molecule has 8 heteroatoms. The Kier molecular flexibility index (Phi) is 26.3. The van der Waals surface area contributed by atoms with Crippen molar-refractivity contribution in [1.29, 1.82) is 0 Å².